The maximum absolute atomic E-state index is 12.7. The molecule has 2 unspecified atom stereocenters. The minimum absolute atomic E-state index is 0.116. The van der Waals surface area contributed by atoms with Gasteiger partial charge in [0.05, 0.1) is 11.9 Å². The van der Waals surface area contributed by atoms with E-state index in [4.69, 9.17) is 0 Å². The van der Waals surface area contributed by atoms with E-state index in [1.165, 1.54) is 0 Å². The molecule has 0 bridgehead atoms. The Bertz CT molecular complexity index is 697. The Balaban J connectivity index is 1.80. The van der Waals surface area contributed by atoms with E-state index in [-0.39, 0.29) is 24.5 Å². The SMILES string of the molecule is Cc1cccc(-n2cc(C(=O)N3CC(CO)CCC3C)nn2)c1. The average Bonchev–Trinajstić information content (AvgIpc) is 3.05. The molecule has 6 nitrogen and oxygen atoms in total. The molecule has 1 aliphatic heterocycles. The number of aliphatic hydroxyl groups excluding tert-OH is 1. The summed E-state index contributed by atoms with van der Waals surface area (Å²) in [5, 5.41) is 17.5. The lowest BCUT2D eigenvalue weighted by Gasteiger charge is -2.36. The molecule has 0 aliphatic carbocycles. The van der Waals surface area contributed by atoms with Crippen LogP contribution in [0.25, 0.3) is 5.69 Å². The normalized spacial score (nSPS) is 21.4. The number of benzene rings is 1. The third-order valence-corrected chi connectivity index (χ3v) is 4.48. The molecule has 0 saturated carbocycles. The molecule has 0 radical (unpaired) electrons. The highest BCUT2D eigenvalue weighted by Crippen LogP contribution is 2.23. The van der Waals surface area contributed by atoms with Crippen molar-refractivity contribution in [3.05, 3.63) is 41.7 Å². The van der Waals surface area contributed by atoms with Gasteiger partial charge in [-0.1, -0.05) is 17.3 Å². The predicted molar refractivity (Wildman–Crippen MR) is 86.4 cm³/mol. The third kappa shape index (κ3) is 3.27. The zero-order valence-electron chi connectivity index (χ0n) is 13.5. The van der Waals surface area contributed by atoms with Crippen LogP contribution in [0.5, 0.6) is 0 Å². The first-order valence-corrected chi connectivity index (χ1v) is 7.99. The molecule has 1 fully saturated rings. The lowest BCUT2D eigenvalue weighted by molar-refractivity contribution is 0.0483. The van der Waals surface area contributed by atoms with Crippen LogP contribution in [0.1, 0.15) is 35.8 Å². The summed E-state index contributed by atoms with van der Waals surface area (Å²) in [5.41, 5.74) is 2.36. The summed E-state index contributed by atoms with van der Waals surface area (Å²) in [6.45, 7) is 4.74. The topological polar surface area (TPSA) is 71.2 Å². The van der Waals surface area contributed by atoms with Crippen LogP contribution in [0.4, 0.5) is 0 Å². The van der Waals surface area contributed by atoms with Gasteiger partial charge in [0, 0.05) is 19.2 Å². The summed E-state index contributed by atoms with van der Waals surface area (Å²) in [5.74, 6) is 0.0384. The number of aliphatic hydroxyl groups is 1. The van der Waals surface area contributed by atoms with Crippen LogP contribution in [-0.2, 0) is 0 Å². The summed E-state index contributed by atoms with van der Waals surface area (Å²) in [7, 11) is 0. The van der Waals surface area contributed by atoms with Gasteiger partial charge in [-0.15, -0.1) is 5.10 Å². The van der Waals surface area contributed by atoms with Crippen molar-refractivity contribution >= 4 is 5.91 Å². The number of hydrogen-bond acceptors (Lipinski definition) is 4. The van der Waals surface area contributed by atoms with Crippen molar-refractivity contribution in [3.63, 3.8) is 0 Å². The molecule has 1 aliphatic rings. The van der Waals surface area contributed by atoms with Crippen molar-refractivity contribution in [2.75, 3.05) is 13.2 Å². The van der Waals surface area contributed by atoms with Crippen LogP contribution >= 0.6 is 0 Å². The monoisotopic (exact) mass is 314 g/mol. The summed E-state index contributed by atoms with van der Waals surface area (Å²) in [6, 6.07) is 8.05. The van der Waals surface area contributed by atoms with E-state index in [1.54, 1.807) is 15.8 Å². The fourth-order valence-corrected chi connectivity index (χ4v) is 3.02. The lowest BCUT2D eigenvalue weighted by atomic mass is 9.94. The highest BCUT2D eigenvalue weighted by atomic mass is 16.3. The van der Waals surface area contributed by atoms with Gasteiger partial charge in [0.2, 0.25) is 0 Å². The van der Waals surface area contributed by atoms with E-state index in [0.717, 1.165) is 24.1 Å². The first-order chi connectivity index (χ1) is 11.1. The molecule has 6 heteroatoms. The van der Waals surface area contributed by atoms with Gasteiger partial charge in [-0.25, -0.2) is 4.68 Å². The minimum Gasteiger partial charge on any atom is -0.396 e. The second kappa shape index (κ2) is 6.50. The van der Waals surface area contributed by atoms with Gasteiger partial charge in [0.1, 0.15) is 0 Å². The maximum atomic E-state index is 12.7. The highest BCUT2D eigenvalue weighted by Gasteiger charge is 2.30. The quantitative estimate of drug-likeness (QED) is 0.938. The van der Waals surface area contributed by atoms with Crippen molar-refractivity contribution < 1.29 is 9.90 Å². The Morgan fingerprint density at radius 1 is 1.39 bits per heavy atom. The van der Waals surface area contributed by atoms with Gasteiger partial charge in [-0.2, -0.15) is 0 Å². The highest BCUT2D eigenvalue weighted by molar-refractivity contribution is 5.92. The Hall–Kier alpha value is -2.21. The first-order valence-electron chi connectivity index (χ1n) is 7.99. The van der Waals surface area contributed by atoms with E-state index in [0.29, 0.717) is 12.2 Å². The number of rotatable bonds is 3. The van der Waals surface area contributed by atoms with Gasteiger partial charge in [-0.05, 0) is 50.3 Å². The van der Waals surface area contributed by atoms with Gasteiger partial charge < -0.3 is 10.0 Å². The number of aromatic nitrogens is 3. The number of aryl methyl sites for hydroxylation is 1. The number of carbonyl (C=O) groups excluding carboxylic acids is 1. The Morgan fingerprint density at radius 3 is 2.96 bits per heavy atom. The first kappa shape index (κ1) is 15.7. The second-order valence-electron chi connectivity index (χ2n) is 6.32. The molecule has 23 heavy (non-hydrogen) atoms. The van der Waals surface area contributed by atoms with Gasteiger partial charge in [-0.3, -0.25) is 4.79 Å². The molecule has 1 N–H and O–H groups in total. The van der Waals surface area contributed by atoms with E-state index in [9.17, 15) is 9.90 Å². The number of amides is 1. The molecule has 2 heterocycles. The standard InChI is InChI=1S/C17H22N4O2/c1-12-4-3-5-15(8-12)21-10-16(18-19-21)17(23)20-9-14(11-22)7-6-13(20)2/h3-5,8,10,13-14,22H,6-7,9,11H2,1-2H3. The average molecular weight is 314 g/mol. The summed E-state index contributed by atoms with van der Waals surface area (Å²) < 4.78 is 1.62. The molecule has 2 aromatic rings. The zero-order chi connectivity index (χ0) is 16.4. The smallest absolute Gasteiger partial charge is 0.276 e. The van der Waals surface area contributed by atoms with E-state index in [1.807, 2.05) is 38.1 Å². The van der Waals surface area contributed by atoms with E-state index >= 15 is 0 Å². The number of nitrogens with zero attached hydrogens (tertiary/aromatic N) is 4. The molecular weight excluding hydrogens is 292 g/mol. The van der Waals surface area contributed by atoms with Gasteiger partial charge in [0.15, 0.2) is 5.69 Å². The summed E-state index contributed by atoms with van der Waals surface area (Å²) >= 11 is 0. The number of hydrogen-bond donors (Lipinski definition) is 1. The fourth-order valence-electron chi connectivity index (χ4n) is 3.02. The van der Waals surface area contributed by atoms with E-state index < -0.39 is 0 Å². The van der Waals surface area contributed by atoms with Crippen molar-refractivity contribution in [2.24, 2.45) is 5.92 Å². The van der Waals surface area contributed by atoms with Crippen LogP contribution in [0, 0.1) is 12.8 Å². The maximum Gasteiger partial charge on any atom is 0.276 e. The van der Waals surface area contributed by atoms with Crippen LogP contribution < -0.4 is 0 Å². The molecule has 3 rings (SSSR count). The summed E-state index contributed by atoms with van der Waals surface area (Å²) in [6.07, 6.45) is 3.53. The number of piperidine rings is 1. The Morgan fingerprint density at radius 2 is 2.22 bits per heavy atom. The van der Waals surface area contributed by atoms with Gasteiger partial charge >= 0.3 is 0 Å². The van der Waals surface area contributed by atoms with Crippen LogP contribution in [0.2, 0.25) is 0 Å². The van der Waals surface area contributed by atoms with Crippen LogP contribution in [0.15, 0.2) is 30.5 Å². The van der Waals surface area contributed by atoms with Crippen molar-refractivity contribution in [2.45, 2.75) is 32.7 Å². The molecule has 1 aromatic heterocycles. The summed E-state index contributed by atoms with van der Waals surface area (Å²) in [4.78, 5) is 14.5. The lowest BCUT2D eigenvalue weighted by Crippen LogP contribution is -2.46. The van der Waals surface area contributed by atoms with Crippen molar-refractivity contribution in [1.82, 2.24) is 19.9 Å². The zero-order valence-corrected chi connectivity index (χ0v) is 13.5. The number of carbonyl (C=O) groups is 1. The molecule has 1 amide bonds. The fraction of sp³-hybridized carbons (Fsp3) is 0.471. The van der Waals surface area contributed by atoms with Crippen molar-refractivity contribution in [1.29, 1.82) is 0 Å². The molecular formula is C17H22N4O2. The second-order valence-corrected chi connectivity index (χ2v) is 6.32. The largest absolute Gasteiger partial charge is 0.396 e. The minimum atomic E-state index is -0.116. The Labute approximate surface area is 135 Å². The van der Waals surface area contributed by atoms with Crippen LogP contribution in [-0.4, -0.2) is 50.1 Å². The van der Waals surface area contributed by atoms with Crippen molar-refractivity contribution in [3.8, 4) is 5.69 Å². The molecule has 122 valence electrons. The van der Waals surface area contributed by atoms with E-state index in [2.05, 4.69) is 10.3 Å². The number of likely N-dealkylation sites (tertiary alicyclic amines) is 1. The predicted octanol–water partition coefficient (Wildman–Crippen LogP) is 1.81. The molecule has 0 spiro atoms. The van der Waals surface area contributed by atoms with Crippen LogP contribution in [0.3, 0.4) is 0 Å². The molecule has 2 atom stereocenters. The Kier molecular flexibility index (Phi) is 4.43. The molecule has 1 saturated heterocycles. The third-order valence-electron chi connectivity index (χ3n) is 4.48. The van der Waals surface area contributed by atoms with Gasteiger partial charge in [0.25, 0.3) is 5.91 Å². The molecule has 1 aromatic carbocycles.